The Bertz CT molecular complexity index is 186. The van der Waals surface area contributed by atoms with E-state index in [1.165, 1.54) is 11.8 Å². The molecule has 1 unspecified atom stereocenters. The van der Waals surface area contributed by atoms with Crippen molar-refractivity contribution < 1.29 is 13.0 Å². The Hall–Kier alpha value is 0.260. The molecule has 0 spiro atoms. The molecule has 0 amide bonds. The van der Waals surface area contributed by atoms with Gasteiger partial charge in [0, 0.05) is 16.8 Å². The Morgan fingerprint density at radius 3 is 2.45 bits per heavy atom. The summed E-state index contributed by atoms with van der Waals surface area (Å²) in [5.41, 5.74) is 0. The van der Waals surface area contributed by atoms with E-state index in [2.05, 4.69) is 0 Å². The second kappa shape index (κ2) is 5.00. The molecule has 0 radical (unpaired) electrons. The molecule has 0 aromatic heterocycles. The first-order valence-electron chi connectivity index (χ1n) is 3.51. The minimum Gasteiger partial charge on any atom is -0.748 e. The van der Waals surface area contributed by atoms with E-state index in [0.717, 1.165) is 6.42 Å². The van der Waals surface area contributed by atoms with Crippen LogP contribution in [-0.2, 0) is 10.1 Å². The zero-order valence-corrected chi connectivity index (χ0v) is 8.37. The average molecular weight is 197 g/mol. The van der Waals surface area contributed by atoms with Crippen molar-refractivity contribution in [3.63, 3.8) is 0 Å². The van der Waals surface area contributed by atoms with Crippen molar-refractivity contribution in [3.05, 3.63) is 0 Å². The molecule has 0 aliphatic heterocycles. The molecule has 0 heterocycles. The maximum Gasteiger partial charge on any atom is 0.0954 e. The topological polar surface area (TPSA) is 57.2 Å². The quantitative estimate of drug-likeness (QED) is 0.618. The predicted octanol–water partition coefficient (Wildman–Crippen LogP) is 1.06. The fourth-order valence-electron chi connectivity index (χ4n) is 0.469. The highest BCUT2D eigenvalue weighted by Gasteiger charge is 2.00. The van der Waals surface area contributed by atoms with Gasteiger partial charge in [-0.2, -0.15) is 11.8 Å². The molecule has 1 atom stereocenters. The van der Waals surface area contributed by atoms with Gasteiger partial charge in [-0.05, 0) is 6.42 Å². The molecule has 11 heavy (non-hydrogen) atoms. The van der Waals surface area contributed by atoms with E-state index >= 15 is 0 Å². The molecule has 0 aliphatic carbocycles. The normalized spacial score (nSPS) is 14.8. The monoisotopic (exact) mass is 197 g/mol. The summed E-state index contributed by atoms with van der Waals surface area (Å²) in [5, 5.41) is 0.441. The third-order valence-corrected chi connectivity index (χ3v) is 3.62. The molecule has 0 N–H and O–H groups in total. The van der Waals surface area contributed by atoms with Crippen molar-refractivity contribution in [2.75, 3.05) is 11.5 Å². The smallest absolute Gasteiger partial charge is 0.0954 e. The largest absolute Gasteiger partial charge is 0.748 e. The third kappa shape index (κ3) is 8.16. The highest BCUT2D eigenvalue weighted by atomic mass is 32.2. The number of thioether (sulfide) groups is 1. The SMILES string of the molecule is CCC(C)SCCS(=O)(=O)[O-]. The molecule has 0 aromatic carbocycles. The second-order valence-electron chi connectivity index (χ2n) is 2.35. The molecule has 68 valence electrons. The van der Waals surface area contributed by atoms with Gasteiger partial charge in [0.1, 0.15) is 0 Å². The fraction of sp³-hybridized carbons (Fsp3) is 1.00. The Kier molecular flexibility index (Phi) is 5.12. The van der Waals surface area contributed by atoms with Gasteiger partial charge in [0.15, 0.2) is 0 Å². The van der Waals surface area contributed by atoms with Gasteiger partial charge in [-0.25, -0.2) is 8.42 Å². The standard InChI is InChI=1S/C6H14O3S2/c1-3-6(2)10-4-5-11(7,8)9/h6H,3-5H2,1-2H3,(H,7,8,9)/p-1. The molecule has 0 aromatic rings. The fourth-order valence-corrected chi connectivity index (χ4v) is 2.31. The first kappa shape index (κ1) is 11.3. The lowest BCUT2D eigenvalue weighted by Crippen LogP contribution is -2.08. The van der Waals surface area contributed by atoms with E-state index < -0.39 is 10.1 Å². The van der Waals surface area contributed by atoms with E-state index in [9.17, 15) is 13.0 Å². The van der Waals surface area contributed by atoms with Crippen LogP contribution in [0.15, 0.2) is 0 Å². The summed E-state index contributed by atoms with van der Waals surface area (Å²) in [5.74, 6) is 0.169. The van der Waals surface area contributed by atoms with E-state index in [0.29, 0.717) is 11.0 Å². The highest BCUT2D eigenvalue weighted by molar-refractivity contribution is 8.00. The van der Waals surface area contributed by atoms with E-state index in [1.54, 1.807) is 0 Å². The van der Waals surface area contributed by atoms with Gasteiger partial charge in [-0.15, -0.1) is 0 Å². The van der Waals surface area contributed by atoms with Gasteiger partial charge < -0.3 is 4.55 Å². The van der Waals surface area contributed by atoms with Gasteiger partial charge in [0.05, 0.1) is 10.1 Å². The number of rotatable bonds is 5. The van der Waals surface area contributed by atoms with Crippen LogP contribution < -0.4 is 0 Å². The molecule has 0 fully saturated rings. The summed E-state index contributed by atoms with van der Waals surface area (Å²) in [6, 6.07) is 0. The second-order valence-corrected chi connectivity index (χ2v) is 5.42. The van der Waals surface area contributed by atoms with Crippen LogP contribution in [-0.4, -0.2) is 29.7 Å². The Morgan fingerprint density at radius 2 is 2.09 bits per heavy atom. The summed E-state index contributed by atoms with van der Waals surface area (Å²) in [6.45, 7) is 4.05. The van der Waals surface area contributed by atoms with Crippen LogP contribution in [0.1, 0.15) is 20.3 Å². The van der Waals surface area contributed by atoms with Gasteiger partial charge >= 0.3 is 0 Å². The Balaban J connectivity index is 3.43. The summed E-state index contributed by atoms with van der Waals surface area (Å²) < 4.78 is 30.4. The van der Waals surface area contributed by atoms with Crippen LogP contribution in [0.5, 0.6) is 0 Å². The molecule has 3 nitrogen and oxygen atoms in total. The maximum atomic E-state index is 10.1. The van der Waals surface area contributed by atoms with Gasteiger partial charge in [0.25, 0.3) is 0 Å². The molecule has 0 aliphatic rings. The minimum atomic E-state index is -4.00. The van der Waals surface area contributed by atoms with Gasteiger partial charge in [-0.3, -0.25) is 0 Å². The zero-order chi connectivity index (χ0) is 8.91. The lowest BCUT2D eigenvalue weighted by molar-refractivity contribution is 0.465. The molecule has 5 heteroatoms. The van der Waals surface area contributed by atoms with Crippen LogP contribution in [0.4, 0.5) is 0 Å². The van der Waals surface area contributed by atoms with Crippen LogP contribution in [0.2, 0.25) is 0 Å². The average Bonchev–Trinajstić information content (AvgIpc) is 1.85. The van der Waals surface area contributed by atoms with Gasteiger partial charge in [-0.1, -0.05) is 13.8 Å². The van der Waals surface area contributed by atoms with Crippen molar-refractivity contribution in [2.24, 2.45) is 0 Å². The molecule has 0 saturated carbocycles. The lowest BCUT2D eigenvalue weighted by Gasteiger charge is -2.09. The van der Waals surface area contributed by atoms with Crippen molar-refractivity contribution >= 4 is 21.9 Å². The molecule has 0 saturated heterocycles. The molecular formula is C6H13O3S2-. The van der Waals surface area contributed by atoms with Crippen LogP contribution in [0.3, 0.4) is 0 Å². The van der Waals surface area contributed by atoms with Crippen LogP contribution in [0, 0.1) is 0 Å². The number of hydrogen-bond donors (Lipinski definition) is 0. The first-order valence-corrected chi connectivity index (χ1v) is 6.13. The zero-order valence-electron chi connectivity index (χ0n) is 6.74. The summed E-state index contributed by atoms with van der Waals surface area (Å²) in [6.07, 6.45) is 1.00. The molecule has 0 rings (SSSR count). The summed E-state index contributed by atoms with van der Waals surface area (Å²) in [7, 11) is -4.00. The minimum absolute atomic E-state index is 0.248. The lowest BCUT2D eigenvalue weighted by atomic mass is 10.4. The van der Waals surface area contributed by atoms with Crippen LogP contribution in [0.25, 0.3) is 0 Å². The number of hydrogen-bond acceptors (Lipinski definition) is 4. The van der Waals surface area contributed by atoms with Crippen molar-refractivity contribution in [3.8, 4) is 0 Å². The van der Waals surface area contributed by atoms with Crippen molar-refractivity contribution in [1.29, 1.82) is 0 Å². The van der Waals surface area contributed by atoms with Crippen molar-refractivity contribution in [1.82, 2.24) is 0 Å². The molecular weight excluding hydrogens is 184 g/mol. The maximum absolute atomic E-state index is 10.1. The van der Waals surface area contributed by atoms with E-state index in [1.807, 2.05) is 13.8 Å². The third-order valence-electron chi connectivity index (χ3n) is 1.31. The van der Waals surface area contributed by atoms with E-state index in [4.69, 9.17) is 0 Å². The summed E-state index contributed by atoms with van der Waals surface area (Å²) in [4.78, 5) is 0. The highest BCUT2D eigenvalue weighted by Crippen LogP contribution is 2.12. The Morgan fingerprint density at radius 1 is 1.55 bits per heavy atom. The van der Waals surface area contributed by atoms with E-state index in [-0.39, 0.29) is 5.75 Å². The Labute approximate surface area is 72.3 Å². The first-order chi connectivity index (χ1) is 4.95. The van der Waals surface area contributed by atoms with Crippen molar-refractivity contribution in [2.45, 2.75) is 25.5 Å². The summed E-state index contributed by atoms with van der Waals surface area (Å²) >= 11 is 1.52. The van der Waals surface area contributed by atoms with Gasteiger partial charge in [0.2, 0.25) is 0 Å². The predicted molar refractivity (Wildman–Crippen MR) is 46.8 cm³/mol. The molecule has 0 bridgehead atoms. The van der Waals surface area contributed by atoms with Crippen LogP contribution >= 0.6 is 11.8 Å².